The van der Waals surface area contributed by atoms with Gasteiger partial charge in [0, 0.05) is 0 Å². The minimum atomic E-state index is -2.92. The molecule has 0 unspecified atom stereocenters. The van der Waals surface area contributed by atoms with Gasteiger partial charge in [-0.1, -0.05) is 0 Å². The van der Waals surface area contributed by atoms with Crippen molar-refractivity contribution >= 4 is 59.0 Å². The summed E-state index contributed by atoms with van der Waals surface area (Å²) in [4.78, 5) is 0. The summed E-state index contributed by atoms with van der Waals surface area (Å²) in [5, 5.41) is 25.2. The molecule has 0 fully saturated rings. The van der Waals surface area contributed by atoms with Crippen LogP contribution >= 0.6 is 0 Å². The fourth-order valence-corrected chi connectivity index (χ4v) is 0. The summed E-state index contributed by atoms with van der Waals surface area (Å²) in [6, 6.07) is 0. The Morgan fingerprint density at radius 2 is 1.00 bits per heavy atom. The van der Waals surface area contributed by atoms with E-state index in [9.17, 15) is 0 Å². The summed E-state index contributed by atoms with van der Waals surface area (Å²) >= 11 is 0. The van der Waals surface area contributed by atoms with Gasteiger partial charge in [-0.05, 0) is 0 Å². The van der Waals surface area contributed by atoms with Gasteiger partial charge in [-0.25, -0.2) is 0 Å². The van der Waals surface area contributed by atoms with E-state index in [0.29, 0.717) is 0 Å². The van der Waals surface area contributed by atoms with Crippen molar-refractivity contribution in [3.63, 3.8) is 0 Å². The Balaban J connectivity index is -0.0000000450. The Labute approximate surface area is 73.5 Å². The summed E-state index contributed by atoms with van der Waals surface area (Å²) in [6.07, 6.45) is 0. The molecule has 0 aliphatic carbocycles. The Kier molecular flexibility index (Phi) is 25.7. The van der Waals surface area contributed by atoms with Crippen LogP contribution in [0.2, 0.25) is 0 Å². The van der Waals surface area contributed by atoms with E-state index in [1.54, 1.807) is 0 Å². The quantitative estimate of drug-likeness (QED) is 0.392. The Hall–Kier alpha value is 1.69. The monoisotopic (exact) mass is 388 g/mol. The summed E-state index contributed by atoms with van der Waals surface area (Å²) in [5.74, 6) is 0. The Morgan fingerprint density at radius 3 is 1.00 bits per heavy atom. The molecule has 4 radical (unpaired) electrons. The molecule has 0 saturated carbocycles. The first kappa shape index (κ1) is 15.6. The van der Waals surface area contributed by atoms with Gasteiger partial charge in [0.2, 0.25) is 0 Å². The molecule has 0 rings (SSSR count). The van der Waals surface area contributed by atoms with Crippen molar-refractivity contribution in [1.82, 2.24) is 0 Å². The average molecular weight is 388 g/mol. The van der Waals surface area contributed by atoms with Crippen LogP contribution < -0.4 is 15.1 Å². The molecule has 0 heterocycles. The summed E-state index contributed by atoms with van der Waals surface area (Å²) in [7, 11) is -2.92. The summed E-state index contributed by atoms with van der Waals surface area (Å²) in [5.41, 5.74) is 0. The third-order valence-corrected chi connectivity index (χ3v) is 0. The molecule has 0 saturated heterocycles. The van der Waals surface area contributed by atoms with Crippen LogP contribution in [0.5, 0.6) is 0 Å². The van der Waals surface area contributed by atoms with Gasteiger partial charge in [-0.3, -0.25) is 7.32 Å². The zero-order valence-corrected chi connectivity index (χ0v) is 9.19. The van der Waals surface area contributed by atoms with Crippen LogP contribution in [-0.2, 0) is 0 Å². The molecular formula is BO3PbSb+2. The van der Waals surface area contributed by atoms with E-state index in [0.717, 1.165) is 0 Å². The predicted molar refractivity (Wildman–Crippen MR) is 17.3 cm³/mol. The molecule has 6 heavy (non-hydrogen) atoms. The van der Waals surface area contributed by atoms with Gasteiger partial charge in [0.05, 0.1) is 0 Å². The van der Waals surface area contributed by atoms with Crippen LogP contribution in [0.3, 0.4) is 0 Å². The number of hydrogen-bond donors (Lipinski definition) is 0. The van der Waals surface area contributed by atoms with E-state index >= 15 is 0 Å². The van der Waals surface area contributed by atoms with Crippen molar-refractivity contribution in [2.75, 3.05) is 0 Å². The molecule has 0 spiro atoms. The smallest absolute Gasteiger partial charge is 0.907 e. The van der Waals surface area contributed by atoms with E-state index < -0.39 is 7.32 Å². The minimum absolute atomic E-state index is 0. The molecule has 6 heteroatoms. The van der Waals surface area contributed by atoms with Gasteiger partial charge in [0.25, 0.3) is 0 Å². The standard InChI is InChI=1S/BO3.Pb.Sb/c2-1(3)4;;/q-3;+2;+3. The van der Waals surface area contributed by atoms with Crippen LogP contribution in [0.25, 0.3) is 0 Å². The maximum atomic E-state index is 8.42. The van der Waals surface area contributed by atoms with Gasteiger partial charge >= 0.3 is 51.7 Å². The molecule has 0 bridgehead atoms. The van der Waals surface area contributed by atoms with E-state index in [-0.39, 0.29) is 51.7 Å². The third kappa shape index (κ3) is 43.9. The van der Waals surface area contributed by atoms with Crippen molar-refractivity contribution in [3.05, 3.63) is 0 Å². The first-order valence-corrected chi connectivity index (χ1v) is 0.707. The zero-order chi connectivity index (χ0) is 3.58. The molecule has 3 nitrogen and oxygen atoms in total. The molecular weight excluding hydrogens is 388 g/mol. The normalized spacial score (nSPS) is 4.50. The van der Waals surface area contributed by atoms with E-state index in [4.69, 9.17) is 15.1 Å². The Bertz CT molecular complexity index is 15.5. The first-order chi connectivity index (χ1) is 1.73. The van der Waals surface area contributed by atoms with Gasteiger partial charge in [-0.2, -0.15) is 0 Å². The van der Waals surface area contributed by atoms with Crippen LogP contribution in [-0.4, -0.2) is 59.0 Å². The van der Waals surface area contributed by atoms with Crippen molar-refractivity contribution in [3.8, 4) is 0 Å². The average Bonchev–Trinajstić information content (AvgIpc) is 0.811. The zero-order valence-electron chi connectivity index (χ0n) is 2.75. The van der Waals surface area contributed by atoms with Crippen molar-refractivity contribution in [1.29, 1.82) is 0 Å². The van der Waals surface area contributed by atoms with Gasteiger partial charge in [-0.15, -0.1) is 0 Å². The second-order valence-electron chi connectivity index (χ2n) is 0.289. The number of hydrogen-bond acceptors (Lipinski definition) is 3. The van der Waals surface area contributed by atoms with E-state index in [2.05, 4.69) is 0 Å². The van der Waals surface area contributed by atoms with Crippen LogP contribution in [0.15, 0.2) is 0 Å². The number of rotatable bonds is 0. The van der Waals surface area contributed by atoms with Gasteiger partial charge < -0.3 is 15.1 Å². The minimum Gasteiger partial charge on any atom is -0.907 e. The molecule has 0 amide bonds. The van der Waals surface area contributed by atoms with Crippen molar-refractivity contribution < 1.29 is 15.1 Å². The second-order valence-corrected chi connectivity index (χ2v) is 0.289. The fourth-order valence-electron chi connectivity index (χ4n) is 0. The SMILES string of the molecule is [O-]B([O-])[O-].[Pb+2].[Sb+3]. The molecule has 0 aromatic heterocycles. The Morgan fingerprint density at radius 1 is 1.00 bits per heavy atom. The van der Waals surface area contributed by atoms with Crippen LogP contribution in [0.4, 0.5) is 0 Å². The molecule has 0 N–H and O–H groups in total. The molecule has 0 aliphatic heterocycles. The van der Waals surface area contributed by atoms with E-state index in [1.165, 1.54) is 0 Å². The molecule has 0 aromatic rings. The molecule has 0 aromatic carbocycles. The maximum absolute atomic E-state index is 8.42. The van der Waals surface area contributed by atoms with Crippen LogP contribution in [0.1, 0.15) is 0 Å². The third-order valence-electron chi connectivity index (χ3n) is 0. The maximum Gasteiger partial charge on any atom is 3.00 e. The summed E-state index contributed by atoms with van der Waals surface area (Å²) < 4.78 is 0. The van der Waals surface area contributed by atoms with Gasteiger partial charge in [0.1, 0.15) is 0 Å². The first-order valence-electron chi connectivity index (χ1n) is 0.707. The van der Waals surface area contributed by atoms with Gasteiger partial charge in [0.15, 0.2) is 0 Å². The largest absolute Gasteiger partial charge is 3.00 e. The van der Waals surface area contributed by atoms with Crippen molar-refractivity contribution in [2.45, 2.75) is 0 Å². The topological polar surface area (TPSA) is 69.2 Å². The summed E-state index contributed by atoms with van der Waals surface area (Å²) in [6.45, 7) is 0. The second kappa shape index (κ2) is 9.84. The molecule has 28 valence electrons. The van der Waals surface area contributed by atoms with Crippen LogP contribution in [0, 0.1) is 0 Å². The van der Waals surface area contributed by atoms with E-state index in [1.807, 2.05) is 0 Å². The fraction of sp³-hybridized carbons (Fsp3) is 0. The molecule has 0 aliphatic rings. The van der Waals surface area contributed by atoms with Crippen molar-refractivity contribution in [2.24, 2.45) is 0 Å². The molecule has 0 atom stereocenters. The predicted octanol–water partition coefficient (Wildman–Crippen LogP) is -4.71.